The van der Waals surface area contributed by atoms with Gasteiger partial charge in [0.25, 0.3) is 0 Å². The summed E-state index contributed by atoms with van der Waals surface area (Å²) in [5.41, 5.74) is 2.56. The molecule has 3 nitrogen and oxygen atoms in total. The van der Waals surface area contributed by atoms with Crippen LogP contribution in [0.2, 0.25) is 0 Å². The molecular formula is C31H26FeO3P2. The maximum absolute atomic E-state index is 7.50. The van der Waals surface area contributed by atoms with Gasteiger partial charge in [-0.2, -0.15) is 0 Å². The van der Waals surface area contributed by atoms with Gasteiger partial charge in [-0.15, -0.1) is 0 Å². The average molecular weight is 564 g/mol. The second-order valence-corrected chi connectivity index (χ2v) is 12.8. The van der Waals surface area contributed by atoms with Crippen LogP contribution in [0.3, 0.4) is 0 Å². The van der Waals surface area contributed by atoms with E-state index in [0.717, 1.165) is 0 Å². The summed E-state index contributed by atoms with van der Waals surface area (Å²) in [6.45, 7) is 13.5. The van der Waals surface area contributed by atoms with E-state index in [9.17, 15) is 0 Å². The monoisotopic (exact) mass is 564 g/mol. The van der Waals surface area contributed by atoms with Crippen LogP contribution in [0.1, 0.15) is 0 Å². The fourth-order valence-electron chi connectivity index (χ4n) is 4.45. The molecule has 0 spiro atoms. The van der Waals surface area contributed by atoms with Gasteiger partial charge in [0.1, 0.15) is 0 Å². The van der Waals surface area contributed by atoms with Crippen molar-refractivity contribution >= 4 is 26.5 Å². The molecule has 0 fully saturated rings. The molecule has 4 bridgehead atoms. The number of hydrogen-bond acceptors (Lipinski definition) is 0. The van der Waals surface area contributed by atoms with Crippen molar-refractivity contribution in [1.82, 2.24) is 0 Å². The molecule has 0 aromatic heterocycles. The number of benzene rings is 2. The van der Waals surface area contributed by atoms with Crippen LogP contribution < -0.4 is 10.6 Å². The van der Waals surface area contributed by atoms with Crippen molar-refractivity contribution < 1.29 is 31.0 Å². The van der Waals surface area contributed by atoms with Crippen molar-refractivity contribution in [3.8, 4) is 0 Å². The Hall–Kier alpha value is -2.52. The molecule has 0 aliphatic carbocycles. The van der Waals surface area contributed by atoms with Gasteiger partial charge in [0.05, 0.1) is 0 Å². The van der Waals surface area contributed by atoms with Gasteiger partial charge in [-0.05, 0) is 10.6 Å². The van der Waals surface area contributed by atoms with Crippen LogP contribution in [-0.2, 0) is 31.0 Å². The number of rotatable bonds is 2. The molecule has 4 unspecified atom stereocenters. The Balaban J connectivity index is 0.000000302. The molecular weight excluding hydrogens is 538 g/mol. The van der Waals surface area contributed by atoms with E-state index in [1.165, 1.54) is 10.6 Å². The normalized spacial score (nSPS) is 26.0. The van der Waals surface area contributed by atoms with Crippen LogP contribution >= 0.6 is 15.8 Å². The van der Waals surface area contributed by atoms with Crippen LogP contribution in [0.15, 0.2) is 134 Å². The molecule has 4 heterocycles. The maximum Gasteiger partial charge on any atom is 0 e. The van der Waals surface area contributed by atoms with Crippen LogP contribution in [-0.4, -0.2) is 22.6 Å². The Bertz CT molecular complexity index is 1030. The number of allylic oxidation sites excluding steroid dienone is 12. The first kappa shape index (κ1) is 32.5. The van der Waals surface area contributed by atoms with Crippen molar-refractivity contribution in [2.75, 3.05) is 0 Å². The third kappa shape index (κ3) is 8.78. The smallest absolute Gasteiger partial charge is 0 e. The second kappa shape index (κ2) is 18.7. The Morgan fingerprint density at radius 1 is 0.405 bits per heavy atom. The van der Waals surface area contributed by atoms with Crippen molar-refractivity contribution in [2.24, 2.45) is 0 Å². The van der Waals surface area contributed by atoms with Gasteiger partial charge in [-0.25, -0.2) is 0 Å². The Morgan fingerprint density at radius 2 is 0.649 bits per heavy atom. The molecule has 0 saturated carbocycles. The van der Waals surface area contributed by atoms with Crippen molar-refractivity contribution in [1.29, 1.82) is 0 Å². The zero-order chi connectivity index (χ0) is 26.2. The number of hydrogen-bond donors (Lipinski definition) is 0. The molecule has 37 heavy (non-hydrogen) atoms. The second-order valence-electron chi connectivity index (χ2n) is 7.76. The van der Waals surface area contributed by atoms with E-state index in [0.29, 0.717) is 22.6 Å². The predicted octanol–water partition coefficient (Wildman–Crippen LogP) is 6.34. The Kier molecular flexibility index (Phi) is 16.4. The standard InChI is InChI=1S/2C14H13P.3CO.Fe/c2*1-2-6-12(7-3-1)15-13-8-4-5-9-14(15)11-10-13;3*1-2;/h2*1-11,13-14H;;;;. The average Bonchev–Trinajstić information content (AvgIpc) is 3.40. The van der Waals surface area contributed by atoms with Gasteiger partial charge < -0.3 is 0 Å². The van der Waals surface area contributed by atoms with Crippen LogP contribution in [0.25, 0.3) is 0 Å². The van der Waals surface area contributed by atoms with E-state index in [1.54, 1.807) is 0 Å². The topological polar surface area (TPSA) is 59.7 Å². The molecule has 0 amide bonds. The minimum atomic E-state index is -0.0895. The molecule has 2 aromatic rings. The van der Waals surface area contributed by atoms with Gasteiger partial charge >= 0.3 is 33.9 Å². The van der Waals surface area contributed by atoms with E-state index < -0.39 is 0 Å². The van der Waals surface area contributed by atoms with Gasteiger partial charge in [0, 0.05) is 39.7 Å². The van der Waals surface area contributed by atoms with E-state index >= 15 is 0 Å². The van der Waals surface area contributed by atoms with Crippen LogP contribution in [0.4, 0.5) is 0 Å². The molecule has 0 radical (unpaired) electrons. The summed E-state index contributed by atoms with van der Waals surface area (Å²) in [4.78, 5) is 0. The summed E-state index contributed by atoms with van der Waals surface area (Å²) in [7, 11) is -0.179. The molecule has 4 aliphatic heterocycles. The molecule has 0 N–H and O–H groups in total. The third-order valence-electron chi connectivity index (χ3n) is 5.86. The Labute approximate surface area is 233 Å². The first-order chi connectivity index (χ1) is 17.9. The van der Waals surface area contributed by atoms with Gasteiger partial charge in [0.2, 0.25) is 0 Å². The van der Waals surface area contributed by atoms with E-state index in [4.69, 9.17) is 14.0 Å². The van der Waals surface area contributed by atoms with E-state index in [2.05, 4.69) is 154 Å². The zero-order valence-electron chi connectivity index (χ0n) is 20.0. The molecule has 0 saturated heterocycles. The summed E-state index contributed by atoms with van der Waals surface area (Å²) >= 11 is 0. The summed E-state index contributed by atoms with van der Waals surface area (Å²) < 4.78 is 22.5. The third-order valence-corrected chi connectivity index (χ3v) is 11.6. The Morgan fingerprint density at radius 3 is 0.892 bits per heavy atom. The van der Waals surface area contributed by atoms with Gasteiger partial charge in [0.15, 0.2) is 0 Å². The predicted molar refractivity (Wildman–Crippen MR) is 148 cm³/mol. The molecule has 4 atom stereocenters. The van der Waals surface area contributed by atoms with Crippen molar-refractivity contribution in [2.45, 2.75) is 22.6 Å². The summed E-state index contributed by atoms with van der Waals surface area (Å²) in [6, 6.07) is 21.9. The first-order valence-corrected chi connectivity index (χ1v) is 14.2. The SMILES string of the molecule is C1=CC2C=CC(C=C1)P2c1ccccc1.C1=CC2C=CC(C=C1)P2c1ccccc1.[C-]#[O+].[C-]#[O+].[C-]#[O+].[Fe]. The minimum Gasteiger partial charge on any atom is 0 e. The molecule has 2 aromatic carbocycles. The molecule has 186 valence electrons. The largest absolute Gasteiger partial charge is 0 e. The van der Waals surface area contributed by atoms with E-state index in [1.807, 2.05) is 0 Å². The quantitative estimate of drug-likeness (QED) is 0.135. The fourth-order valence-corrected chi connectivity index (χ4v) is 9.94. The molecule has 6 heteroatoms. The van der Waals surface area contributed by atoms with Crippen LogP contribution in [0, 0.1) is 20.0 Å². The first-order valence-electron chi connectivity index (χ1n) is 11.2. The fraction of sp³-hybridized carbons (Fsp3) is 0.129. The summed E-state index contributed by atoms with van der Waals surface area (Å²) in [5, 5.41) is 3.03. The van der Waals surface area contributed by atoms with E-state index in [-0.39, 0.29) is 32.9 Å². The molecule has 6 rings (SSSR count). The zero-order valence-corrected chi connectivity index (χ0v) is 22.9. The summed E-state index contributed by atoms with van der Waals surface area (Å²) in [6.07, 6.45) is 27.5. The van der Waals surface area contributed by atoms with Gasteiger partial charge in [-0.3, -0.25) is 0 Å². The molecule has 4 aliphatic rings. The maximum atomic E-state index is 7.50. The minimum absolute atomic E-state index is 0. The summed E-state index contributed by atoms with van der Waals surface area (Å²) in [5.74, 6) is 0. The van der Waals surface area contributed by atoms with Crippen molar-refractivity contribution in [3.05, 3.63) is 154 Å². The van der Waals surface area contributed by atoms with Crippen LogP contribution in [0.5, 0.6) is 0 Å². The van der Waals surface area contributed by atoms with Crippen molar-refractivity contribution in [3.63, 3.8) is 0 Å². The van der Waals surface area contributed by atoms with Gasteiger partial charge in [-0.1, -0.05) is 149 Å². The number of fused-ring (bicyclic) bond motifs is 4.